The van der Waals surface area contributed by atoms with Crippen LogP contribution < -0.4 is 0 Å². The second kappa shape index (κ2) is 11.5. The molecule has 0 N–H and O–H groups in total. The molecule has 0 saturated carbocycles. The topological polar surface area (TPSA) is 117 Å². The van der Waals surface area contributed by atoms with Crippen LogP contribution in [0.5, 0.6) is 0 Å². The molecular formula is C13H12N6-2. The Labute approximate surface area is 111 Å². The lowest BCUT2D eigenvalue weighted by Crippen LogP contribution is -1.85. The lowest BCUT2D eigenvalue weighted by molar-refractivity contribution is 1.19. The minimum Gasteiger partial charge on any atom is -0.373 e. The van der Waals surface area contributed by atoms with Gasteiger partial charge in [0.25, 0.3) is 0 Å². The molecule has 0 aromatic heterocycles. The van der Waals surface area contributed by atoms with Gasteiger partial charge in [-0.2, -0.15) is 0 Å². The van der Waals surface area contributed by atoms with Crippen LogP contribution >= 0.6 is 0 Å². The zero-order valence-corrected chi connectivity index (χ0v) is 10.2. The maximum absolute atomic E-state index is 6.75. The van der Waals surface area contributed by atoms with E-state index in [1.165, 1.54) is 21.0 Å². The Hall–Kier alpha value is -2.94. The molecule has 2 rings (SSSR count). The van der Waals surface area contributed by atoms with Crippen LogP contribution in [-0.4, -0.2) is 0 Å². The van der Waals surface area contributed by atoms with E-state index in [2.05, 4.69) is 60.7 Å². The molecule has 2 aromatic carbocycles. The van der Waals surface area contributed by atoms with Crippen molar-refractivity contribution < 1.29 is 0 Å². The number of benzene rings is 2. The fourth-order valence-electron chi connectivity index (χ4n) is 1.43. The molecule has 0 atom stereocenters. The van der Waals surface area contributed by atoms with E-state index in [9.17, 15) is 0 Å². The fourth-order valence-corrected chi connectivity index (χ4v) is 1.43. The Balaban J connectivity index is 0.000000465. The van der Waals surface area contributed by atoms with Gasteiger partial charge in [-0.1, -0.05) is 60.7 Å². The molecule has 0 radical (unpaired) electrons. The van der Waals surface area contributed by atoms with Gasteiger partial charge in [-0.25, -0.2) is 0 Å². The first kappa shape index (κ1) is 16.1. The highest BCUT2D eigenvalue weighted by Crippen LogP contribution is 2.07. The van der Waals surface area contributed by atoms with Gasteiger partial charge >= 0.3 is 0 Å². The summed E-state index contributed by atoms with van der Waals surface area (Å²) in [6.07, 6.45) is 1.03. The molecular weight excluding hydrogens is 240 g/mol. The summed E-state index contributed by atoms with van der Waals surface area (Å²) in [4.78, 5) is 3.00. The van der Waals surface area contributed by atoms with Gasteiger partial charge in [-0.15, -0.1) is 0 Å². The van der Waals surface area contributed by atoms with Gasteiger partial charge in [0.2, 0.25) is 0 Å². The van der Waals surface area contributed by atoms with Gasteiger partial charge in [-0.3, -0.25) is 9.82 Å². The molecule has 19 heavy (non-hydrogen) atoms. The summed E-state index contributed by atoms with van der Waals surface area (Å²) in [6, 6.07) is 21.1. The number of rotatable bonds is 2. The third kappa shape index (κ3) is 8.83. The van der Waals surface area contributed by atoms with Crippen molar-refractivity contribution in [3.05, 3.63) is 104 Å². The average Bonchev–Trinajstić information content (AvgIpc) is 2.43. The predicted molar refractivity (Wildman–Crippen MR) is 75.8 cm³/mol. The summed E-state index contributed by atoms with van der Waals surface area (Å²) in [5.74, 6) is 0. The Morgan fingerprint density at radius 2 is 0.842 bits per heavy atom. The van der Waals surface area contributed by atoms with Gasteiger partial charge in [0.05, 0.1) is 0 Å². The molecule has 0 aliphatic rings. The molecule has 0 bridgehead atoms. The van der Waals surface area contributed by atoms with Crippen molar-refractivity contribution in [2.75, 3.05) is 0 Å². The molecule has 2 aromatic rings. The summed E-state index contributed by atoms with van der Waals surface area (Å²) in [7, 11) is 0. The first-order valence-electron chi connectivity index (χ1n) is 5.33. The number of nitrogens with zero attached hydrogens (tertiary/aromatic N) is 6. The Morgan fingerprint density at radius 1 is 0.579 bits per heavy atom. The molecule has 0 amide bonds. The first-order chi connectivity index (χ1) is 9.28. The van der Waals surface area contributed by atoms with Crippen LogP contribution in [0.4, 0.5) is 0 Å². The highest BCUT2D eigenvalue weighted by Gasteiger charge is 1.92. The Bertz CT molecular complexity index is 462. The van der Waals surface area contributed by atoms with E-state index in [1.54, 1.807) is 0 Å². The normalized spacial score (nSPS) is 7.58. The van der Waals surface area contributed by atoms with Crippen molar-refractivity contribution in [1.82, 2.24) is 0 Å². The number of hydrogen-bond acceptors (Lipinski definition) is 0. The van der Waals surface area contributed by atoms with Gasteiger partial charge in [0.15, 0.2) is 0 Å². The van der Waals surface area contributed by atoms with E-state index in [-0.39, 0.29) is 0 Å². The van der Waals surface area contributed by atoms with Crippen molar-refractivity contribution in [3.63, 3.8) is 0 Å². The Kier molecular flexibility index (Phi) is 9.76. The molecule has 0 aliphatic heterocycles. The Morgan fingerprint density at radius 3 is 1.11 bits per heavy atom. The molecule has 0 unspecified atom stereocenters. The predicted octanol–water partition coefficient (Wildman–Crippen LogP) is 5.01. The van der Waals surface area contributed by atoms with Crippen LogP contribution in [0.2, 0.25) is 0 Å². The highest BCUT2D eigenvalue weighted by molar-refractivity contribution is 5.25. The largest absolute Gasteiger partial charge is 0.373 e. The van der Waals surface area contributed by atoms with E-state index in [0.29, 0.717) is 0 Å². The van der Waals surface area contributed by atoms with Crippen LogP contribution in [0.15, 0.2) is 60.7 Å². The van der Waals surface area contributed by atoms with Crippen molar-refractivity contribution in [2.24, 2.45) is 0 Å². The van der Waals surface area contributed by atoms with Crippen molar-refractivity contribution >= 4 is 0 Å². The van der Waals surface area contributed by atoms with Crippen LogP contribution in [0, 0.1) is 0 Å². The monoisotopic (exact) mass is 252 g/mol. The molecule has 0 spiro atoms. The molecule has 0 aliphatic carbocycles. The smallest absolute Gasteiger partial charge is 0.00258 e. The van der Waals surface area contributed by atoms with Gasteiger partial charge in [-0.05, 0) is 17.5 Å². The average molecular weight is 252 g/mol. The first-order valence-corrected chi connectivity index (χ1v) is 5.33. The third-order valence-corrected chi connectivity index (χ3v) is 2.09. The number of hydrogen-bond donors (Lipinski definition) is 0. The van der Waals surface area contributed by atoms with Crippen molar-refractivity contribution in [2.45, 2.75) is 6.42 Å². The van der Waals surface area contributed by atoms with Crippen LogP contribution in [0.1, 0.15) is 11.1 Å². The van der Waals surface area contributed by atoms with Crippen LogP contribution in [-0.2, 0) is 6.42 Å². The van der Waals surface area contributed by atoms with E-state index in [1.807, 2.05) is 0 Å². The lowest BCUT2D eigenvalue weighted by Gasteiger charge is -2.00. The van der Waals surface area contributed by atoms with Gasteiger partial charge in [0.1, 0.15) is 0 Å². The SMILES string of the molecule is [N-]=[N+]=[N-].[N-]=[N+]=[N-].c1ccc(Cc2ccccc2)cc1. The van der Waals surface area contributed by atoms with E-state index in [0.717, 1.165) is 6.42 Å². The highest BCUT2D eigenvalue weighted by atomic mass is 15.0. The van der Waals surface area contributed by atoms with E-state index in [4.69, 9.17) is 22.1 Å². The molecule has 6 heteroatoms. The summed E-state index contributed by atoms with van der Waals surface area (Å²) in [5.41, 5.74) is 29.7. The standard InChI is InChI=1S/C13H12.2N3/c1-3-7-12(8-4-1)11-13-9-5-2-6-10-13;2*1-3-2/h1-10H,11H2;;/q;2*-1. The molecule has 6 nitrogen and oxygen atoms in total. The summed E-state index contributed by atoms with van der Waals surface area (Å²) < 4.78 is 0. The van der Waals surface area contributed by atoms with Gasteiger partial charge in [0, 0.05) is 0 Å². The van der Waals surface area contributed by atoms with Crippen molar-refractivity contribution in [1.29, 1.82) is 0 Å². The maximum atomic E-state index is 6.75. The zero-order chi connectivity index (χ0) is 14.3. The van der Waals surface area contributed by atoms with E-state index < -0.39 is 0 Å². The van der Waals surface area contributed by atoms with Gasteiger partial charge < -0.3 is 22.1 Å². The molecule has 0 saturated heterocycles. The quantitative estimate of drug-likeness (QED) is 0.405. The summed E-state index contributed by atoms with van der Waals surface area (Å²) in [6.45, 7) is 0. The molecule has 0 fully saturated rings. The van der Waals surface area contributed by atoms with E-state index >= 15 is 0 Å². The minimum atomic E-state index is 1.03. The lowest BCUT2D eigenvalue weighted by atomic mass is 10.1. The summed E-state index contributed by atoms with van der Waals surface area (Å²) in [5, 5.41) is 0. The molecule has 0 heterocycles. The second-order valence-electron chi connectivity index (χ2n) is 3.33. The minimum absolute atomic E-state index is 1.03. The molecule has 96 valence electrons. The summed E-state index contributed by atoms with van der Waals surface area (Å²) >= 11 is 0. The second-order valence-corrected chi connectivity index (χ2v) is 3.33. The van der Waals surface area contributed by atoms with Crippen LogP contribution in [0.25, 0.3) is 31.9 Å². The fraction of sp³-hybridized carbons (Fsp3) is 0.0769. The maximum Gasteiger partial charge on any atom is -0.00258 e. The third-order valence-electron chi connectivity index (χ3n) is 2.09. The zero-order valence-electron chi connectivity index (χ0n) is 10.2. The van der Waals surface area contributed by atoms with Crippen LogP contribution in [0.3, 0.4) is 0 Å². The van der Waals surface area contributed by atoms with Crippen molar-refractivity contribution in [3.8, 4) is 0 Å².